The molecule has 0 bridgehead atoms. The Morgan fingerprint density at radius 1 is 0.345 bits per heavy atom. The predicted molar refractivity (Wildman–Crippen MR) is 233 cm³/mol. The van der Waals surface area contributed by atoms with Crippen LogP contribution in [0.3, 0.4) is 0 Å². The Kier molecular flexibility index (Phi) is 8.35. The van der Waals surface area contributed by atoms with Crippen molar-refractivity contribution in [3.05, 3.63) is 245 Å². The fraction of sp³-hybridized carbons (Fsp3) is 0.0182. The van der Waals surface area contributed by atoms with Crippen LogP contribution in [0.2, 0.25) is 0 Å². The van der Waals surface area contributed by atoms with Gasteiger partial charge in [0, 0.05) is 0 Å². The van der Waals surface area contributed by atoms with Gasteiger partial charge in [0.1, 0.15) is 0 Å². The van der Waals surface area contributed by atoms with Gasteiger partial charge >= 0.3 is 0 Å². The Morgan fingerprint density at radius 2 is 0.764 bits per heavy atom. The van der Waals surface area contributed by atoms with E-state index in [1.54, 1.807) is 0 Å². The maximum Gasteiger partial charge on any atom is -0.000731 e. The average molecular weight is 699 g/mol. The van der Waals surface area contributed by atoms with Crippen LogP contribution in [0.4, 0.5) is 0 Å². The molecule has 0 heterocycles. The minimum absolute atomic E-state index is 0.895. The minimum Gasteiger partial charge on any atom is -0.0801 e. The predicted octanol–water partition coefficient (Wildman–Crippen LogP) is 12.8. The van der Waals surface area contributed by atoms with Crippen LogP contribution in [0.5, 0.6) is 0 Å². The van der Waals surface area contributed by atoms with Gasteiger partial charge in [-0.2, -0.15) is 0 Å². The van der Waals surface area contributed by atoms with Gasteiger partial charge in [0.2, 0.25) is 0 Å². The Balaban J connectivity index is 1.46. The molecule has 0 spiro atoms. The number of benzene rings is 8. The fourth-order valence-electron chi connectivity index (χ4n) is 8.78. The summed E-state index contributed by atoms with van der Waals surface area (Å²) in [7, 11) is 0. The molecular weight excluding hydrogens is 661 g/mol. The first-order valence-corrected chi connectivity index (χ1v) is 19.2. The summed E-state index contributed by atoms with van der Waals surface area (Å²) in [6.07, 6.45) is 10.2. The number of fused-ring (bicyclic) bond motifs is 3. The summed E-state index contributed by atoms with van der Waals surface area (Å²) < 4.78 is 0. The van der Waals surface area contributed by atoms with Gasteiger partial charge in [0.15, 0.2) is 0 Å². The highest BCUT2D eigenvalue weighted by molar-refractivity contribution is 6.13. The zero-order valence-corrected chi connectivity index (χ0v) is 30.5. The third kappa shape index (κ3) is 5.71. The third-order valence-electron chi connectivity index (χ3n) is 11.1. The normalized spacial score (nSPS) is 12.5. The summed E-state index contributed by atoms with van der Waals surface area (Å²) in [5.41, 5.74) is 20.1. The molecule has 258 valence electrons. The van der Waals surface area contributed by atoms with Crippen molar-refractivity contribution in [2.24, 2.45) is 0 Å². The average Bonchev–Trinajstić information content (AvgIpc) is 3.94. The first-order chi connectivity index (χ1) is 27.3. The molecule has 0 heteroatoms. The molecule has 0 atom stereocenters. The number of hydrogen-bond acceptors (Lipinski definition) is 0. The lowest BCUT2D eigenvalue weighted by Crippen LogP contribution is -2.18. The van der Waals surface area contributed by atoms with Gasteiger partial charge in [0.05, 0.1) is 0 Å². The van der Waals surface area contributed by atoms with Crippen LogP contribution >= 0.6 is 0 Å². The van der Waals surface area contributed by atoms with Crippen molar-refractivity contribution < 1.29 is 0 Å². The molecule has 0 fully saturated rings. The molecule has 0 saturated carbocycles. The summed E-state index contributed by atoms with van der Waals surface area (Å²) in [6.45, 7) is 0. The molecule has 55 heavy (non-hydrogen) atoms. The van der Waals surface area contributed by atoms with E-state index in [2.05, 4.69) is 218 Å². The third-order valence-corrected chi connectivity index (χ3v) is 11.1. The highest BCUT2D eigenvalue weighted by Crippen LogP contribution is 2.54. The second-order valence-corrected chi connectivity index (χ2v) is 14.3. The van der Waals surface area contributed by atoms with Crippen molar-refractivity contribution in [1.29, 1.82) is 0 Å². The van der Waals surface area contributed by atoms with Gasteiger partial charge < -0.3 is 0 Å². The molecule has 2 aliphatic rings. The lowest BCUT2D eigenvalue weighted by atomic mass is 9.76. The lowest BCUT2D eigenvalue weighted by molar-refractivity contribution is 1.41. The summed E-state index contributed by atoms with van der Waals surface area (Å²) in [6, 6.07) is 70.8. The maximum absolute atomic E-state index is 2.48. The molecule has 0 nitrogen and oxygen atoms in total. The van der Waals surface area contributed by atoms with Gasteiger partial charge in [-0.05, 0) is 112 Å². The SMILES string of the molecule is C1=CCC(c2c3c(c(-c4ccccc4)c(-c4ccccc4)c2-c2ccccc2)-c2c(-c4ccccc4)c(=C(c4ccccc4)c4ccccc4)ccc2=C3)=C1. The molecule has 0 unspecified atom stereocenters. The summed E-state index contributed by atoms with van der Waals surface area (Å²) in [5.74, 6) is 0. The van der Waals surface area contributed by atoms with E-state index in [4.69, 9.17) is 0 Å². The largest absolute Gasteiger partial charge is 0.0801 e. The fourth-order valence-corrected chi connectivity index (χ4v) is 8.78. The van der Waals surface area contributed by atoms with Crippen molar-refractivity contribution in [2.75, 3.05) is 0 Å². The van der Waals surface area contributed by atoms with E-state index in [-0.39, 0.29) is 0 Å². The van der Waals surface area contributed by atoms with Gasteiger partial charge in [-0.1, -0.05) is 212 Å². The molecule has 0 radical (unpaired) electrons. The van der Waals surface area contributed by atoms with Crippen LogP contribution in [-0.2, 0) is 0 Å². The number of rotatable bonds is 7. The number of allylic oxidation sites excluding steroid dienone is 4. The second kappa shape index (κ2) is 14.1. The summed E-state index contributed by atoms with van der Waals surface area (Å²) in [4.78, 5) is 0. The van der Waals surface area contributed by atoms with Crippen LogP contribution in [0.25, 0.3) is 72.9 Å². The van der Waals surface area contributed by atoms with Crippen LogP contribution < -0.4 is 10.4 Å². The van der Waals surface area contributed by atoms with Crippen molar-refractivity contribution >= 4 is 17.2 Å². The van der Waals surface area contributed by atoms with Crippen LogP contribution in [0.1, 0.15) is 28.7 Å². The lowest BCUT2D eigenvalue weighted by Gasteiger charge is -2.27. The van der Waals surface area contributed by atoms with E-state index in [1.165, 1.54) is 99.5 Å². The monoisotopic (exact) mass is 698 g/mol. The Morgan fingerprint density at radius 3 is 1.22 bits per heavy atom. The van der Waals surface area contributed by atoms with Crippen molar-refractivity contribution in [3.63, 3.8) is 0 Å². The van der Waals surface area contributed by atoms with Crippen LogP contribution in [0, 0.1) is 0 Å². The Hall–Kier alpha value is -7.02. The summed E-state index contributed by atoms with van der Waals surface area (Å²) >= 11 is 0. The van der Waals surface area contributed by atoms with Crippen molar-refractivity contribution in [3.8, 4) is 55.6 Å². The molecule has 0 N–H and O–H groups in total. The first-order valence-electron chi connectivity index (χ1n) is 19.2. The maximum atomic E-state index is 2.48. The topological polar surface area (TPSA) is 0 Å². The van der Waals surface area contributed by atoms with Gasteiger partial charge in [-0.25, -0.2) is 0 Å². The van der Waals surface area contributed by atoms with Crippen LogP contribution in [0.15, 0.2) is 212 Å². The minimum atomic E-state index is 0.895. The molecule has 8 aromatic rings. The van der Waals surface area contributed by atoms with Gasteiger partial charge in [0.25, 0.3) is 0 Å². The van der Waals surface area contributed by atoms with Crippen molar-refractivity contribution in [2.45, 2.75) is 6.42 Å². The zero-order valence-electron chi connectivity index (χ0n) is 30.5. The van der Waals surface area contributed by atoms with E-state index in [0.29, 0.717) is 0 Å². The Bertz CT molecular complexity index is 2820. The highest BCUT2D eigenvalue weighted by atomic mass is 14.3. The Labute approximate surface area is 323 Å². The molecule has 10 rings (SSSR count). The van der Waals surface area contributed by atoms with E-state index in [9.17, 15) is 0 Å². The first kappa shape index (κ1) is 32.6. The summed E-state index contributed by atoms with van der Waals surface area (Å²) in [5, 5.41) is 2.46. The van der Waals surface area contributed by atoms with Gasteiger partial charge in [-0.3, -0.25) is 0 Å². The second-order valence-electron chi connectivity index (χ2n) is 14.3. The number of hydrogen-bond donors (Lipinski definition) is 0. The molecule has 8 aromatic carbocycles. The van der Waals surface area contributed by atoms with E-state index in [0.717, 1.165) is 6.42 Å². The highest BCUT2D eigenvalue weighted by Gasteiger charge is 2.32. The van der Waals surface area contributed by atoms with Gasteiger partial charge in [-0.15, -0.1) is 0 Å². The molecule has 0 saturated heterocycles. The molecule has 0 amide bonds. The van der Waals surface area contributed by atoms with E-state index in [1.807, 2.05) is 0 Å². The zero-order chi connectivity index (χ0) is 36.6. The smallest absolute Gasteiger partial charge is 0.000731 e. The van der Waals surface area contributed by atoms with Crippen LogP contribution in [-0.4, -0.2) is 0 Å². The molecular formula is C55H38. The molecule has 0 aromatic heterocycles. The molecule has 0 aliphatic heterocycles. The van der Waals surface area contributed by atoms with Crippen molar-refractivity contribution in [1.82, 2.24) is 0 Å². The quantitative estimate of drug-likeness (QED) is 0.155. The van der Waals surface area contributed by atoms with E-state index < -0.39 is 0 Å². The molecule has 2 aliphatic carbocycles. The van der Waals surface area contributed by atoms with E-state index >= 15 is 0 Å². The standard InChI is InChI=1S/C55H38/c1-7-21-38(22-8-1)48(39-23-9-2-10-24-39)46-36-35-45-37-47-50(41-33-19-20-34-41)51(42-27-13-4-14-28-42)52(43-29-15-5-16-30-43)53(44-31-17-6-18-32-44)55(47)54(45)49(46)40-25-11-3-12-26-40/h1-33,35-37H,34H2.